The molecule has 0 aliphatic heterocycles. The van der Waals surface area contributed by atoms with Gasteiger partial charge in [-0.2, -0.15) is 0 Å². The molecule has 0 aromatic carbocycles. The van der Waals surface area contributed by atoms with Crippen LogP contribution in [0.1, 0.15) is 6.92 Å². The number of halogens is 2. The van der Waals surface area contributed by atoms with E-state index in [1.165, 1.54) is 7.11 Å². The maximum atomic E-state index is 12.4. The van der Waals surface area contributed by atoms with Gasteiger partial charge in [0.15, 0.2) is 0 Å². The van der Waals surface area contributed by atoms with Gasteiger partial charge >= 0.3 is 0 Å². The Balaban J connectivity index is 3.42. The van der Waals surface area contributed by atoms with Gasteiger partial charge in [-0.05, 0) is 6.54 Å². The minimum atomic E-state index is -2.73. The molecule has 0 aromatic heterocycles. The largest absolute Gasteiger partial charge is 0.378 e. The highest BCUT2D eigenvalue weighted by Gasteiger charge is 2.27. The van der Waals surface area contributed by atoms with Gasteiger partial charge < -0.3 is 10.1 Å². The van der Waals surface area contributed by atoms with E-state index in [1.807, 2.05) is 0 Å². The van der Waals surface area contributed by atoms with E-state index in [-0.39, 0.29) is 6.54 Å². The number of methoxy groups -OCH3 is 1. The zero-order valence-corrected chi connectivity index (χ0v) is 6.29. The molecule has 0 bridgehead atoms. The fourth-order valence-corrected chi connectivity index (χ4v) is 0.570. The van der Waals surface area contributed by atoms with Gasteiger partial charge in [-0.1, -0.05) is 6.92 Å². The Kier molecular flexibility index (Phi) is 4.47. The van der Waals surface area contributed by atoms with Crippen LogP contribution in [0.2, 0.25) is 0 Å². The molecule has 4 heteroatoms. The first-order valence-electron chi connectivity index (χ1n) is 3.20. The third-order valence-corrected chi connectivity index (χ3v) is 0.989. The molecular formula is C6H13F2NO. The molecule has 0 heterocycles. The van der Waals surface area contributed by atoms with Gasteiger partial charge in [0, 0.05) is 7.11 Å². The molecule has 0 aliphatic rings. The van der Waals surface area contributed by atoms with Crippen LogP contribution in [0.25, 0.3) is 0 Å². The predicted molar refractivity (Wildman–Crippen MR) is 35.4 cm³/mol. The summed E-state index contributed by atoms with van der Waals surface area (Å²) in [4.78, 5) is 0. The van der Waals surface area contributed by atoms with Crippen molar-refractivity contribution < 1.29 is 13.5 Å². The summed E-state index contributed by atoms with van der Waals surface area (Å²) < 4.78 is 29.2. The van der Waals surface area contributed by atoms with Crippen LogP contribution in [-0.4, -0.2) is 32.7 Å². The molecule has 10 heavy (non-hydrogen) atoms. The summed E-state index contributed by atoms with van der Waals surface area (Å²) in [5, 5.41) is 2.54. The molecule has 0 amide bonds. The van der Waals surface area contributed by atoms with Gasteiger partial charge in [-0.25, -0.2) is 8.78 Å². The number of ether oxygens (including phenoxy) is 1. The van der Waals surface area contributed by atoms with Crippen molar-refractivity contribution in [2.75, 3.05) is 26.8 Å². The summed E-state index contributed by atoms with van der Waals surface area (Å²) in [6.07, 6.45) is 0. The molecule has 0 radical (unpaired) electrons. The van der Waals surface area contributed by atoms with Crippen molar-refractivity contribution in [1.82, 2.24) is 5.32 Å². The average Bonchev–Trinajstić information content (AvgIpc) is 1.84. The Labute approximate surface area is 59.6 Å². The van der Waals surface area contributed by atoms with Gasteiger partial charge in [0.25, 0.3) is 5.92 Å². The third-order valence-electron chi connectivity index (χ3n) is 0.989. The Morgan fingerprint density at radius 2 is 2.10 bits per heavy atom. The lowest BCUT2D eigenvalue weighted by molar-refractivity contribution is -0.0613. The zero-order chi connectivity index (χ0) is 8.04. The van der Waals surface area contributed by atoms with E-state index in [4.69, 9.17) is 0 Å². The van der Waals surface area contributed by atoms with E-state index in [2.05, 4.69) is 10.1 Å². The van der Waals surface area contributed by atoms with Crippen molar-refractivity contribution in [1.29, 1.82) is 0 Å². The summed E-state index contributed by atoms with van der Waals surface area (Å²) in [5.41, 5.74) is 0. The van der Waals surface area contributed by atoms with Crippen LogP contribution in [0.5, 0.6) is 0 Å². The van der Waals surface area contributed by atoms with Crippen LogP contribution < -0.4 is 5.32 Å². The summed E-state index contributed by atoms with van der Waals surface area (Å²) in [6.45, 7) is 1.51. The van der Waals surface area contributed by atoms with Crippen LogP contribution in [0.4, 0.5) is 8.78 Å². The Bertz CT molecular complexity index is 87.8. The summed E-state index contributed by atoms with van der Waals surface area (Å²) in [6, 6.07) is 0. The third kappa shape index (κ3) is 4.64. The van der Waals surface area contributed by atoms with Gasteiger partial charge in [0.2, 0.25) is 0 Å². The number of hydrogen-bond acceptors (Lipinski definition) is 2. The molecule has 0 atom stereocenters. The highest BCUT2D eigenvalue weighted by atomic mass is 19.3. The molecular weight excluding hydrogens is 140 g/mol. The van der Waals surface area contributed by atoms with Crippen LogP contribution >= 0.6 is 0 Å². The van der Waals surface area contributed by atoms with Crippen molar-refractivity contribution in [3.63, 3.8) is 0 Å². The lowest BCUT2D eigenvalue weighted by Crippen LogP contribution is -2.36. The van der Waals surface area contributed by atoms with Crippen LogP contribution in [-0.2, 0) is 4.74 Å². The first kappa shape index (κ1) is 9.78. The number of hydrogen-bond donors (Lipinski definition) is 1. The number of nitrogens with one attached hydrogen (secondary N) is 1. The Hall–Kier alpha value is -0.220. The first-order chi connectivity index (χ1) is 4.62. The van der Waals surface area contributed by atoms with Gasteiger partial charge in [-0.3, -0.25) is 0 Å². The minimum Gasteiger partial charge on any atom is -0.378 e. The van der Waals surface area contributed by atoms with Crippen LogP contribution in [0, 0.1) is 0 Å². The normalized spacial score (nSPS) is 12.0. The Morgan fingerprint density at radius 1 is 1.50 bits per heavy atom. The van der Waals surface area contributed by atoms with Crippen LogP contribution in [0.3, 0.4) is 0 Å². The second-order valence-corrected chi connectivity index (χ2v) is 2.07. The molecule has 0 unspecified atom stereocenters. The Morgan fingerprint density at radius 3 is 2.50 bits per heavy atom. The molecule has 0 aromatic rings. The lowest BCUT2D eigenvalue weighted by Gasteiger charge is -2.14. The van der Waals surface area contributed by atoms with Crippen molar-refractivity contribution in [3.8, 4) is 0 Å². The molecule has 0 aliphatic carbocycles. The molecule has 2 nitrogen and oxygen atoms in total. The van der Waals surface area contributed by atoms with E-state index >= 15 is 0 Å². The van der Waals surface area contributed by atoms with E-state index in [0.29, 0.717) is 6.54 Å². The van der Waals surface area contributed by atoms with E-state index in [0.717, 1.165) is 0 Å². The number of alkyl halides is 2. The van der Waals surface area contributed by atoms with Gasteiger partial charge in [-0.15, -0.1) is 0 Å². The van der Waals surface area contributed by atoms with Crippen molar-refractivity contribution in [3.05, 3.63) is 0 Å². The fourth-order valence-electron chi connectivity index (χ4n) is 0.570. The highest BCUT2D eigenvalue weighted by Crippen LogP contribution is 2.10. The van der Waals surface area contributed by atoms with Gasteiger partial charge in [0.1, 0.15) is 6.61 Å². The second kappa shape index (κ2) is 4.57. The van der Waals surface area contributed by atoms with Gasteiger partial charge in [0.05, 0.1) is 6.54 Å². The average molecular weight is 153 g/mol. The minimum absolute atomic E-state index is 0.308. The smallest absolute Gasteiger partial charge is 0.283 e. The second-order valence-electron chi connectivity index (χ2n) is 2.07. The zero-order valence-electron chi connectivity index (χ0n) is 6.29. The molecule has 1 N–H and O–H groups in total. The lowest BCUT2D eigenvalue weighted by atomic mass is 10.3. The maximum Gasteiger partial charge on any atom is 0.283 e. The molecule has 0 fully saturated rings. The van der Waals surface area contributed by atoms with E-state index < -0.39 is 12.5 Å². The van der Waals surface area contributed by atoms with Crippen molar-refractivity contribution in [2.24, 2.45) is 0 Å². The molecule has 0 spiro atoms. The monoisotopic (exact) mass is 153 g/mol. The van der Waals surface area contributed by atoms with Crippen LogP contribution in [0.15, 0.2) is 0 Å². The standard InChI is InChI=1S/C6H13F2NO/c1-3-9-4-6(7,8)5-10-2/h9H,3-5H2,1-2H3. The van der Waals surface area contributed by atoms with E-state index in [9.17, 15) is 8.78 Å². The SMILES string of the molecule is CCNCC(F)(F)COC. The summed E-state index contributed by atoms with van der Waals surface area (Å²) in [5.74, 6) is -2.73. The quantitative estimate of drug-likeness (QED) is 0.633. The molecule has 62 valence electrons. The predicted octanol–water partition coefficient (Wildman–Crippen LogP) is 0.878. The maximum absolute atomic E-state index is 12.4. The summed E-state index contributed by atoms with van der Waals surface area (Å²) >= 11 is 0. The summed E-state index contributed by atoms with van der Waals surface area (Å²) in [7, 11) is 1.26. The fraction of sp³-hybridized carbons (Fsp3) is 1.00. The molecule has 0 saturated carbocycles. The number of rotatable bonds is 5. The van der Waals surface area contributed by atoms with Crippen molar-refractivity contribution in [2.45, 2.75) is 12.8 Å². The first-order valence-corrected chi connectivity index (χ1v) is 3.20. The molecule has 0 saturated heterocycles. The molecule has 0 rings (SSSR count). The topological polar surface area (TPSA) is 21.3 Å². The highest BCUT2D eigenvalue weighted by molar-refractivity contribution is 4.67. The van der Waals surface area contributed by atoms with Crippen molar-refractivity contribution >= 4 is 0 Å². The van der Waals surface area contributed by atoms with E-state index in [1.54, 1.807) is 6.92 Å².